The van der Waals surface area contributed by atoms with E-state index >= 15 is 0 Å². The Bertz CT molecular complexity index is 929. The highest BCUT2D eigenvalue weighted by atomic mass is 19.4. The summed E-state index contributed by atoms with van der Waals surface area (Å²) in [5.41, 5.74) is -0.443. The second-order valence-electron chi connectivity index (χ2n) is 6.89. The molecule has 1 fully saturated rings. The number of hydrogen-bond acceptors (Lipinski definition) is 4. The molecule has 0 aliphatic carbocycles. The predicted octanol–water partition coefficient (Wildman–Crippen LogP) is 4.46. The van der Waals surface area contributed by atoms with Gasteiger partial charge in [-0.05, 0) is 49.2 Å². The highest BCUT2D eigenvalue weighted by Crippen LogP contribution is 2.34. The lowest BCUT2D eigenvalue weighted by molar-refractivity contribution is -0.140. The lowest BCUT2D eigenvalue weighted by atomic mass is 10.0. The molecule has 1 atom stereocenters. The van der Waals surface area contributed by atoms with E-state index in [-0.39, 0.29) is 17.6 Å². The van der Waals surface area contributed by atoms with Crippen molar-refractivity contribution in [3.05, 3.63) is 48.0 Å². The first kappa shape index (κ1) is 21.5. The zero-order chi connectivity index (χ0) is 21.9. The molecule has 0 aromatic heterocycles. The van der Waals surface area contributed by atoms with Crippen molar-refractivity contribution in [2.75, 3.05) is 19.5 Å². The quantitative estimate of drug-likeness (QED) is 0.773. The van der Waals surface area contributed by atoms with Crippen LogP contribution in [0.4, 0.5) is 18.9 Å². The Morgan fingerprint density at radius 2 is 1.80 bits per heavy atom. The largest absolute Gasteiger partial charge is 0.495 e. The molecule has 0 spiro atoms. The maximum absolute atomic E-state index is 12.7. The fourth-order valence-corrected chi connectivity index (χ4v) is 3.21. The molecule has 2 amide bonds. The number of piperidine rings is 1. The molecule has 30 heavy (non-hydrogen) atoms. The summed E-state index contributed by atoms with van der Waals surface area (Å²) in [6.45, 7) is 0. The van der Waals surface area contributed by atoms with Gasteiger partial charge in [-0.1, -0.05) is 0 Å². The van der Waals surface area contributed by atoms with Crippen molar-refractivity contribution in [2.45, 2.75) is 31.5 Å². The van der Waals surface area contributed by atoms with E-state index in [0.29, 0.717) is 36.4 Å². The Hall–Kier alpha value is -3.23. The van der Waals surface area contributed by atoms with Crippen molar-refractivity contribution in [3.63, 3.8) is 0 Å². The minimum absolute atomic E-state index is 0.0900. The van der Waals surface area contributed by atoms with E-state index in [4.69, 9.17) is 9.47 Å². The van der Waals surface area contributed by atoms with Crippen molar-refractivity contribution in [2.24, 2.45) is 0 Å². The van der Waals surface area contributed by atoms with Gasteiger partial charge in [0, 0.05) is 19.5 Å². The van der Waals surface area contributed by atoms with E-state index in [1.165, 1.54) is 30.2 Å². The Kier molecular flexibility index (Phi) is 6.19. The van der Waals surface area contributed by atoms with Crippen LogP contribution in [-0.4, -0.2) is 36.9 Å². The number of methoxy groups -OCH3 is 1. The van der Waals surface area contributed by atoms with Gasteiger partial charge in [-0.15, -0.1) is 0 Å². The van der Waals surface area contributed by atoms with Gasteiger partial charge >= 0.3 is 6.18 Å². The number of amides is 2. The van der Waals surface area contributed by atoms with Gasteiger partial charge in [0.2, 0.25) is 11.8 Å². The second kappa shape index (κ2) is 8.64. The summed E-state index contributed by atoms with van der Waals surface area (Å²) in [5.74, 6) is 0.457. The van der Waals surface area contributed by atoms with Crippen molar-refractivity contribution in [1.29, 1.82) is 0 Å². The predicted molar refractivity (Wildman–Crippen MR) is 104 cm³/mol. The molecule has 0 bridgehead atoms. The van der Waals surface area contributed by atoms with E-state index in [2.05, 4.69) is 5.32 Å². The number of ether oxygens (including phenoxy) is 2. The molecule has 1 unspecified atom stereocenters. The Morgan fingerprint density at radius 1 is 1.13 bits per heavy atom. The molecule has 1 heterocycles. The van der Waals surface area contributed by atoms with Crippen LogP contribution < -0.4 is 14.8 Å². The standard InChI is InChI=1S/C21H21F3N2O4/c1-26-17(4-3-5-19(26)27)20(28)25-16-12-15(10-11-18(16)29-2)30-14-8-6-13(7-9-14)21(22,23)24/h6-12,17H,3-5H2,1-2H3,(H,25,28). The minimum Gasteiger partial charge on any atom is -0.495 e. The molecule has 1 saturated heterocycles. The van der Waals surface area contributed by atoms with Crippen LogP contribution in [-0.2, 0) is 15.8 Å². The molecule has 2 aromatic carbocycles. The first-order chi connectivity index (χ1) is 14.2. The third kappa shape index (κ3) is 4.84. The number of hydrogen-bond donors (Lipinski definition) is 1. The van der Waals surface area contributed by atoms with Gasteiger partial charge in [0.25, 0.3) is 0 Å². The van der Waals surface area contributed by atoms with Crippen molar-refractivity contribution in [1.82, 2.24) is 4.90 Å². The van der Waals surface area contributed by atoms with E-state index in [1.807, 2.05) is 0 Å². The topological polar surface area (TPSA) is 67.9 Å². The molecule has 0 saturated carbocycles. The number of carbonyl (C=O) groups is 2. The van der Waals surface area contributed by atoms with Gasteiger partial charge in [0.1, 0.15) is 23.3 Å². The van der Waals surface area contributed by atoms with Crippen molar-refractivity contribution >= 4 is 17.5 Å². The summed E-state index contributed by atoms with van der Waals surface area (Å²) in [4.78, 5) is 26.0. The van der Waals surface area contributed by atoms with Crippen LogP contribution in [0.25, 0.3) is 0 Å². The number of benzene rings is 2. The summed E-state index contributed by atoms with van der Waals surface area (Å²) < 4.78 is 48.9. The Morgan fingerprint density at radius 3 is 2.43 bits per heavy atom. The van der Waals surface area contributed by atoms with Crippen LogP contribution in [0.5, 0.6) is 17.2 Å². The fourth-order valence-electron chi connectivity index (χ4n) is 3.21. The first-order valence-corrected chi connectivity index (χ1v) is 9.28. The third-order valence-electron chi connectivity index (χ3n) is 4.88. The van der Waals surface area contributed by atoms with Gasteiger partial charge in [0.05, 0.1) is 18.4 Å². The first-order valence-electron chi connectivity index (χ1n) is 9.28. The number of alkyl halides is 3. The monoisotopic (exact) mass is 422 g/mol. The minimum atomic E-state index is -4.43. The smallest absolute Gasteiger partial charge is 0.416 e. The SMILES string of the molecule is COc1ccc(Oc2ccc(C(F)(F)F)cc2)cc1NC(=O)C1CCCC(=O)N1C. The van der Waals surface area contributed by atoms with E-state index in [0.717, 1.165) is 12.1 Å². The van der Waals surface area contributed by atoms with Crippen LogP contribution in [0.2, 0.25) is 0 Å². The number of likely N-dealkylation sites (tertiary alicyclic amines) is 1. The zero-order valence-electron chi connectivity index (χ0n) is 16.5. The fraction of sp³-hybridized carbons (Fsp3) is 0.333. The second-order valence-corrected chi connectivity index (χ2v) is 6.89. The molecule has 1 N–H and O–H groups in total. The van der Waals surface area contributed by atoms with Gasteiger partial charge in [-0.25, -0.2) is 0 Å². The van der Waals surface area contributed by atoms with E-state index < -0.39 is 17.8 Å². The van der Waals surface area contributed by atoms with Gasteiger partial charge in [-0.2, -0.15) is 13.2 Å². The molecular weight excluding hydrogens is 401 g/mol. The number of nitrogens with one attached hydrogen (secondary N) is 1. The molecular formula is C21H21F3N2O4. The van der Waals surface area contributed by atoms with Crippen LogP contribution in [0.15, 0.2) is 42.5 Å². The van der Waals surface area contributed by atoms with Crippen LogP contribution >= 0.6 is 0 Å². The Labute approximate surface area is 171 Å². The number of nitrogens with zero attached hydrogens (tertiary/aromatic N) is 1. The number of likely N-dealkylation sites (N-methyl/N-ethyl adjacent to an activating group) is 1. The number of halogens is 3. The maximum Gasteiger partial charge on any atom is 0.416 e. The van der Waals surface area contributed by atoms with E-state index in [9.17, 15) is 22.8 Å². The summed E-state index contributed by atoms with van der Waals surface area (Å²) in [7, 11) is 3.03. The van der Waals surface area contributed by atoms with Gasteiger partial charge < -0.3 is 19.7 Å². The van der Waals surface area contributed by atoms with Gasteiger partial charge in [0.15, 0.2) is 0 Å². The highest BCUT2D eigenvalue weighted by molar-refractivity contribution is 5.98. The van der Waals surface area contributed by atoms with Crippen molar-refractivity contribution in [3.8, 4) is 17.2 Å². The summed E-state index contributed by atoms with van der Waals surface area (Å²) in [6, 6.07) is 8.36. The molecule has 3 rings (SSSR count). The number of anilines is 1. The average Bonchev–Trinajstić information content (AvgIpc) is 2.70. The van der Waals surface area contributed by atoms with Crippen LogP contribution in [0.3, 0.4) is 0 Å². The summed E-state index contributed by atoms with van der Waals surface area (Å²) in [6.07, 6.45) is -2.82. The normalized spacial score (nSPS) is 16.9. The molecule has 0 radical (unpaired) electrons. The Balaban J connectivity index is 1.76. The summed E-state index contributed by atoms with van der Waals surface area (Å²) in [5, 5.41) is 2.75. The average molecular weight is 422 g/mol. The molecule has 2 aromatic rings. The molecule has 160 valence electrons. The molecule has 9 heteroatoms. The van der Waals surface area contributed by atoms with Gasteiger partial charge in [-0.3, -0.25) is 9.59 Å². The third-order valence-corrected chi connectivity index (χ3v) is 4.88. The van der Waals surface area contributed by atoms with Crippen molar-refractivity contribution < 1.29 is 32.2 Å². The lowest BCUT2D eigenvalue weighted by Crippen LogP contribution is -2.47. The molecule has 1 aliphatic heterocycles. The number of rotatable bonds is 5. The number of carbonyl (C=O) groups excluding carboxylic acids is 2. The lowest BCUT2D eigenvalue weighted by Gasteiger charge is -2.31. The van der Waals surface area contributed by atoms with Crippen LogP contribution in [0, 0.1) is 0 Å². The highest BCUT2D eigenvalue weighted by Gasteiger charge is 2.31. The molecule has 6 nitrogen and oxygen atoms in total. The van der Waals surface area contributed by atoms with Crippen LogP contribution in [0.1, 0.15) is 24.8 Å². The summed E-state index contributed by atoms with van der Waals surface area (Å²) >= 11 is 0. The van der Waals surface area contributed by atoms with E-state index in [1.54, 1.807) is 19.2 Å². The maximum atomic E-state index is 12.7. The molecule has 1 aliphatic rings. The zero-order valence-corrected chi connectivity index (χ0v) is 16.5.